The van der Waals surface area contributed by atoms with Crippen LogP contribution in [0.15, 0.2) is 54.7 Å². The third-order valence-corrected chi connectivity index (χ3v) is 8.90. The molecule has 2 saturated heterocycles. The van der Waals surface area contributed by atoms with Gasteiger partial charge in [0.2, 0.25) is 17.9 Å². The molecule has 2 aliphatic heterocycles. The Kier molecular flexibility index (Phi) is 8.90. The minimum absolute atomic E-state index is 0.0254. The molecule has 6 rings (SSSR count). The Labute approximate surface area is 273 Å². The number of anilines is 2. The van der Waals surface area contributed by atoms with E-state index >= 15 is 0 Å². The molecule has 0 bridgehead atoms. The molecule has 0 radical (unpaired) electrons. The smallest absolute Gasteiger partial charge is 0.429 e. The molecule has 2 fully saturated rings. The highest BCUT2D eigenvalue weighted by atomic mass is 19.4. The van der Waals surface area contributed by atoms with Gasteiger partial charge in [-0.05, 0) is 73.9 Å². The van der Waals surface area contributed by atoms with Crippen molar-refractivity contribution in [2.24, 2.45) is 5.41 Å². The summed E-state index contributed by atoms with van der Waals surface area (Å²) < 4.78 is 71.2. The minimum atomic E-state index is -4.88. The zero-order valence-electron chi connectivity index (χ0n) is 26.3. The number of alkyl halides is 3. The van der Waals surface area contributed by atoms with E-state index < -0.39 is 30.1 Å². The van der Waals surface area contributed by atoms with Crippen LogP contribution in [-0.2, 0) is 4.79 Å². The van der Waals surface area contributed by atoms with Crippen LogP contribution in [0.25, 0.3) is 16.8 Å². The van der Waals surface area contributed by atoms with E-state index in [9.17, 15) is 27.5 Å². The van der Waals surface area contributed by atoms with Gasteiger partial charge < -0.3 is 30.5 Å². The van der Waals surface area contributed by atoms with Crippen LogP contribution in [0, 0.1) is 18.2 Å². The fourth-order valence-electron chi connectivity index (χ4n) is 6.40. The van der Waals surface area contributed by atoms with E-state index in [1.54, 1.807) is 26.1 Å². The zero-order valence-corrected chi connectivity index (χ0v) is 26.3. The van der Waals surface area contributed by atoms with Crippen molar-refractivity contribution in [3.8, 4) is 28.4 Å². The van der Waals surface area contributed by atoms with Gasteiger partial charge in [0.25, 0.3) is 0 Å². The first-order valence-electron chi connectivity index (χ1n) is 15.5. The standard InChI is InChI=1S/C33H35F4N7O4/c1-3-47-26-15-21(5-7-23(26)34)20-4-6-22(25(14-20)44-11-8-19(2)42-44)29(33(35,36)37)48-28-16-27(40-31(38)41-28)43-12-9-32(10-13-43)17-24(30(45)46)39-18-32/h4-8,11,14-16,24,29,39H,3,9-10,12-13,17-18H2,1-2H3,(H,45,46)(H2,38,40,41)/t24-,29+/m0/s1. The number of carboxylic acid groups (broad SMARTS) is 1. The van der Waals surface area contributed by atoms with Crippen molar-refractivity contribution >= 4 is 17.7 Å². The summed E-state index contributed by atoms with van der Waals surface area (Å²) in [6, 6.07) is 11.0. The Balaban J connectivity index is 1.31. The number of nitrogens with zero attached hydrogens (tertiary/aromatic N) is 5. The monoisotopic (exact) mass is 669 g/mol. The SMILES string of the molecule is CCOc1cc(-c2ccc([C@@H](Oc3cc(N4CCC5(CC4)CN[C@H](C(=O)O)C5)nc(N)n3)C(F)(F)F)c(-n3ccc(C)n3)c2)ccc1F. The summed E-state index contributed by atoms with van der Waals surface area (Å²) in [4.78, 5) is 21.6. The fraction of sp³-hybridized carbons (Fsp3) is 0.394. The van der Waals surface area contributed by atoms with Crippen molar-refractivity contribution in [3.05, 3.63) is 71.8 Å². The first-order chi connectivity index (χ1) is 22.8. The van der Waals surface area contributed by atoms with Gasteiger partial charge in [-0.25, -0.2) is 9.07 Å². The number of hydrogen-bond acceptors (Lipinski definition) is 9. The second-order valence-electron chi connectivity index (χ2n) is 12.2. The number of piperidine rings is 1. The van der Waals surface area contributed by atoms with E-state index in [1.165, 1.54) is 47.1 Å². The molecule has 254 valence electrons. The summed E-state index contributed by atoms with van der Waals surface area (Å²) in [6.45, 7) is 5.26. The average Bonchev–Trinajstić information content (AvgIpc) is 3.67. The number of nitrogens with two attached hydrogens (primary N) is 1. The average molecular weight is 670 g/mol. The van der Waals surface area contributed by atoms with Crippen LogP contribution in [0.2, 0.25) is 0 Å². The topological polar surface area (TPSA) is 141 Å². The normalized spacial score (nSPS) is 18.2. The molecule has 4 heterocycles. The van der Waals surface area contributed by atoms with Gasteiger partial charge in [-0.15, -0.1) is 0 Å². The van der Waals surface area contributed by atoms with E-state index in [0.717, 1.165) is 0 Å². The second-order valence-corrected chi connectivity index (χ2v) is 12.2. The summed E-state index contributed by atoms with van der Waals surface area (Å²) in [5.41, 5.74) is 7.28. The van der Waals surface area contributed by atoms with Gasteiger partial charge in [0, 0.05) is 37.5 Å². The summed E-state index contributed by atoms with van der Waals surface area (Å²) in [5.74, 6) is -1.71. The summed E-state index contributed by atoms with van der Waals surface area (Å²) in [5, 5.41) is 16.8. The van der Waals surface area contributed by atoms with Crippen molar-refractivity contribution in [3.63, 3.8) is 0 Å². The molecule has 0 amide bonds. The lowest BCUT2D eigenvalue weighted by atomic mass is 9.76. The first-order valence-corrected chi connectivity index (χ1v) is 15.5. The number of aliphatic carboxylic acids is 1. The van der Waals surface area contributed by atoms with E-state index in [0.29, 0.717) is 61.5 Å². The summed E-state index contributed by atoms with van der Waals surface area (Å²) in [6.07, 6.45) is -3.95. The lowest BCUT2D eigenvalue weighted by Crippen LogP contribution is -2.41. The molecule has 2 aromatic heterocycles. The number of aromatic nitrogens is 4. The number of ether oxygens (including phenoxy) is 2. The molecule has 4 N–H and O–H groups in total. The fourth-order valence-corrected chi connectivity index (χ4v) is 6.40. The van der Waals surface area contributed by atoms with Crippen LogP contribution in [0.4, 0.5) is 29.3 Å². The Morgan fingerprint density at radius 1 is 1.12 bits per heavy atom. The summed E-state index contributed by atoms with van der Waals surface area (Å²) in [7, 11) is 0. The highest BCUT2D eigenvalue weighted by Crippen LogP contribution is 2.43. The van der Waals surface area contributed by atoms with E-state index in [-0.39, 0.29) is 40.9 Å². The zero-order chi connectivity index (χ0) is 34.2. The second kappa shape index (κ2) is 12.9. The molecule has 2 atom stereocenters. The number of carboxylic acids is 1. The van der Waals surface area contributed by atoms with Crippen LogP contribution >= 0.6 is 0 Å². The molecular formula is C33H35F4N7O4. The molecule has 2 aliphatic rings. The third kappa shape index (κ3) is 6.86. The Hall–Kier alpha value is -4.92. The number of nitrogens with one attached hydrogen (secondary N) is 1. The molecule has 0 saturated carbocycles. The van der Waals surface area contributed by atoms with Gasteiger partial charge >= 0.3 is 12.1 Å². The number of benzene rings is 2. The first kappa shape index (κ1) is 33.0. The van der Waals surface area contributed by atoms with Crippen LogP contribution in [0.3, 0.4) is 0 Å². The van der Waals surface area contributed by atoms with Crippen LogP contribution in [-0.4, -0.2) is 69.3 Å². The highest BCUT2D eigenvalue weighted by Gasteiger charge is 2.46. The van der Waals surface area contributed by atoms with Crippen LogP contribution < -0.4 is 25.4 Å². The van der Waals surface area contributed by atoms with Crippen molar-refractivity contribution in [1.29, 1.82) is 0 Å². The number of halogens is 4. The largest absolute Gasteiger partial charge is 0.491 e. The van der Waals surface area contributed by atoms with E-state index in [2.05, 4.69) is 20.4 Å². The quantitative estimate of drug-likeness (QED) is 0.197. The van der Waals surface area contributed by atoms with Gasteiger partial charge in [-0.2, -0.15) is 28.2 Å². The van der Waals surface area contributed by atoms with Gasteiger partial charge in [0.15, 0.2) is 11.6 Å². The van der Waals surface area contributed by atoms with E-state index in [1.807, 2.05) is 4.90 Å². The third-order valence-electron chi connectivity index (χ3n) is 8.90. The molecule has 11 nitrogen and oxygen atoms in total. The molecule has 4 aromatic rings. The van der Waals surface area contributed by atoms with Gasteiger partial charge in [-0.1, -0.05) is 18.2 Å². The molecule has 0 aliphatic carbocycles. The van der Waals surface area contributed by atoms with Gasteiger partial charge in [-0.3, -0.25) is 4.79 Å². The molecule has 48 heavy (non-hydrogen) atoms. The van der Waals surface area contributed by atoms with Crippen LogP contribution in [0.1, 0.15) is 43.5 Å². The maximum atomic E-state index is 14.9. The highest BCUT2D eigenvalue weighted by molar-refractivity contribution is 5.74. The predicted molar refractivity (Wildman–Crippen MR) is 169 cm³/mol. The Morgan fingerprint density at radius 2 is 1.85 bits per heavy atom. The number of carbonyl (C=O) groups is 1. The van der Waals surface area contributed by atoms with Crippen molar-refractivity contribution in [2.75, 3.05) is 36.9 Å². The maximum Gasteiger partial charge on any atom is 0.429 e. The molecule has 2 aromatic carbocycles. The number of nitrogen functional groups attached to an aromatic ring is 1. The maximum absolute atomic E-state index is 14.9. The minimum Gasteiger partial charge on any atom is -0.491 e. The van der Waals surface area contributed by atoms with E-state index in [4.69, 9.17) is 15.2 Å². The lowest BCUT2D eigenvalue weighted by Gasteiger charge is -2.39. The Bertz CT molecular complexity index is 1810. The Morgan fingerprint density at radius 3 is 2.50 bits per heavy atom. The van der Waals surface area contributed by atoms with Crippen LogP contribution in [0.5, 0.6) is 11.6 Å². The number of aryl methyl sites for hydroxylation is 1. The molecular weight excluding hydrogens is 634 g/mol. The van der Waals surface area contributed by atoms with Gasteiger partial charge in [0.1, 0.15) is 11.9 Å². The summed E-state index contributed by atoms with van der Waals surface area (Å²) >= 11 is 0. The number of hydrogen-bond donors (Lipinski definition) is 3. The molecule has 0 unspecified atom stereocenters. The van der Waals surface area contributed by atoms with Crippen molar-refractivity contribution in [2.45, 2.75) is 51.4 Å². The number of rotatable bonds is 9. The predicted octanol–water partition coefficient (Wildman–Crippen LogP) is 5.47. The van der Waals surface area contributed by atoms with Crippen molar-refractivity contribution in [1.82, 2.24) is 25.1 Å². The molecule has 1 spiro atoms. The molecule has 15 heteroatoms. The van der Waals surface area contributed by atoms with Gasteiger partial charge in [0.05, 0.1) is 18.0 Å². The van der Waals surface area contributed by atoms with Crippen molar-refractivity contribution < 1.29 is 36.9 Å². The lowest BCUT2D eigenvalue weighted by molar-refractivity contribution is -0.198.